The Morgan fingerprint density at radius 2 is 1.95 bits per heavy atom. The summed E-state index contributed by atoms with van der Waals surface area (Å²) in [5.41, 5.74) is -0.466. The number of hydrogen-bond acceptors (Lipinski definition) is 4. The second-order valence-corrected chi connectivity index (χ2v) is 6.51. The highest BCUT2D eigenvalue weighted by Crippen LogP contribution is 2.20. The first-order valence-electron chi connectivity index (χ1n) is 6.58. The van der Waals surface area contributed by atoms with Gasteiger partial charge in [-0.05, 0) is 45.0 Å². The van der Waals surface area contributed by atoms with Gasteiger partial charge in [0.2, 0.25) is 0 Å². The summed E-state index contributed by atoms with van der Waals surface area (Å²) in [6.45, 7) is 5.17. The molecule has 4 nitrogen and oxygen atoms in total. The minimum Gasteiger partial charge on any atom is -0.466 e. The van der Waals surface area contributed by atoms with E-state index in [9.17, 15) is 14.0 Å². The van der Waals surface area contributed by atoms with Crippen molar-refractivity contribution in [3.8, 4) is 0 Å². The minimum atomic E-state index is -0.703. The number of benzene rings is 1. The average molecular weight is 373 g/mol. The Bertz CT molecular complexity index is 603. The maximum absolute atomic E-state index is 13.8. The van der Waals surface area contributed by atoms with Gasteiger partial charge in [0.1, 0.15) is 11.4 Å². The van der Waals surface area contributed by atoms with E-state index in [1.807, 2.05) is 0 Å². The van der Waals surface area contributed by atoms with Crippen LogP contribution in [-0.4, -0.2) is 24.6 Å². The fourth-order valence-electron chi connectivity index (χ4n) is 1.66. The molecule has 0 aliphatic heterocycles. The molecule has 0 aromatic heterocycles. The molecule has 1 aromatic carbocycles. The van der Waals surface area contributed by atoms with E-state index < -0.39 is 23.4 Å². The van der Waals surface area contributed by atoms with E-state index in [-0.39, 0.29) is 17.6 Å². The number of carbonyl (C=O) groups is 2. The minimum absolute atomic E-state index is 0.0220. The molecule has 0 heterocycles. The van der Waals surface area contributed by atoms with Crippen LogP contribution in [0.5, 0.6) is 0 Å². The molecule has 22 heavy (non-hydrogen) atoms. The average Bonchev–Trinajstić information content (AvgIpc) is 2.39. The lowest BCUT2D eigenvalue weighted by Crippen LogP contribution is -2.25. The van der Waals surface area contributed by atoms with Crippen LogP contribution in [0.3, 0.4) is 0 Å². The lowest BCUT2D eigenvalue weighted by molar-refractivity contribution is -0.155. The Kier molecular flexibility index (Phi) is 6.29. The van der Waals surface area contributed by atoms with Gasteiger partial charge < -0.3 is 9.47 Å². The van der Waals surface area contributed by atoms with Gasteiger partial charge in [0.05, 0.1) is 13.5 Å². The fourth-order valence-corrected chi connectivity index (χ4v) is 2.04. The van der Waals surface area contributed by atoms with E-state index in [2.05, 4.69) is 20.7 Å². The SMILES string of the molecule is COC(=O)/C(=C\c1cc(Br)ccc1F)CC(=O)OC(C)(C)C. The highest BCUT2D eigenvalue weighted by molar-refractivity contribution is 9.10. The summed E-state index contributed by atoms with van der Waals surface area (Å²) in [5.74, 6) is -1.79. The molecule has 0 N–H and O–H groups in total. The third kappa shape index (κ3) is 5.97. The second-order valence-electron chi connectivity index (χ2n) is 5.59. The Morgan fingerprint density at radius 3 is 2.50 bits per heavy atom. The fraction of sp³-hybridized carbons (Fsp3) is 0.375. The van der Waals surface area contributed by atoms with Crippen LogP contribution in [0.1, 0.15) is 32.8 Å². The highest BCUT2D eigenvalue weighted by atomic mass is 79.9. The van der Waals surface area contributed by atoms with E-state index in [0.717, 1.165) is 0 Å². The largest absolute Gasteiger partial charge is 0.466 e. The van der Waals surface area contributed by atoms with Crippen molar-refractivity contribution in [2.45, 2.75) is 32.8 Å². The Labute approximate surface area is 137 Å². The Morgan fingerprint density at radius 1 is 1.32 bits per heavy atom. The van der Waals surface area contributed by atoms with Crippen LogP contribution in [0.15, 0.2) is 28.2 Å². The van der Waals surface area contributed by atoms with Gasteiger partial charge in [0.25, 0.3) is 0 Å². The van der Waals surface area contributed by atoms with E-state index in [4.69, 9.17) is 4.74 Å². The van der Waals surface area contributed by atoms with Gasteiger partial charge in [-0.15, -0.1) is 0 Å². The molecule has 0 aliphatic carbocycles. The van der Waals surface area contributed by atoms with Gasteiger partial charge in [-0.3, -0.25) is 4.79 Å². The molecular formula is C16H18BrFO4. The molecule has 0 atom stereocenters. The Hall–Kier alpha value is -1.69. The number of rotatable bonds is 4. The Balaban J connectivity index is 3.08. The number of methoxy groups -OCH3 is 1. The predicted molar refractivity (Wildman–Crippen MR) is 84.6 cm³/mol. The standard InChI is InChI=1S/C16H18BrFO4/c1-16(2,3)22-14(19)9-11(15(20)21-4)7-10-8-12(17)5-6-13(10)18/h5-8H,9H2,1-4H3/b11-7-. The third-order valence-electron chi connectivity index (χ3n) is 2.49. The highest BCUT2D eigenvalue weighted by Gasteiger charge is 2.21. The van der Waals surface area contributed by atoms with Crippen molar-refractivity contribution in [2.24, 2.45) is 0 Å². The number of ether oxygens (including phenoxy) is 2. The third-order valence-corrected chi connectivity index (χ3v) is 2.98. The van der Waals surface area contributed by atoms with E-state index in [1.54, 1.807) is 26.8 Å². The first-order valence-corrected chi connectivity index (χ1v) is 7.37. The molecular weight excluding hydrogens is 355 g/mol. The van der Waals surface area contributed by atoms with Crippen LogP contribution in [0.25, 0.3) is 6.08 Å². The van der Waals surface area contributed by atoms with Gasteiger partial charge in [-0.25, -0.2) is 9.18 Å². The van der Waals surface area contributed by atoms with Gasteiger partial charge >= 0.3 is 11.9 Å². The predicted octanol–water partition coefficient (Wildman–Crippen LogP) is 3.88. The van der Waals surface area contributed by atoms with Gasteiger partial charge in [0, 0.05) is 15.6 Å². The van der Waals surface area contributed by atoms with E-state index in [0.29, 0.717) is 4.47 Å². The molecule has 0 unspecified atom stereocenters. The number of halogens is 2. The first-order chi connectivity index (χ1) is 10.1. The lowest BCUT2D eigenvalue weighted by Gasteiger charge is -2.19. The molecule has 0 amide bonds. The quantitative estimate of drug-likeness (QED) is 0.594. The summed E-state index contributed by atoms with van der Waals surface area (Å²) in [4.78, 5) is 23.6. The molecule has 6 heteroatoms. The number of hydrogen-bond donors (Lipinski definition) is 0. The first kappa shape index (κ1) is 18.4. The van der Waals surface area contributed by atoms with Crippen molar-refractivity contribution < 1.29 is 23.5 Å². The zero-order valence-corrected chi connectivity index (χ0v) is 14.5. The summed E-state index contributed by atoms with van der Waals surface area (Å²) >= 11 is 3.23. The maximum atomic E-state index is 13.8. The molecule has 0 saturated carbocycles. The van der Waals surface area contributed by atoms with Crippen LogP contribution in [0, 0.1) is 5.82 Å². The van der Waals surface area contributed by atoms with Crippen LogP contribution < -0.4 is 0 Å². The number of esters is 2. The lowest BCUT2D eigenvalue weighted by atomic mass is 10.1. The zero-order valence-electron chi connectivity index (χ0n) is 12.9. The summed E-state index contributed by atoms with van der Waals surface area (Å²) in [7, 11) is 1.20. The number of carbonyl (C=O) groups excluding carboxylic acids is 2. The monoisotopic (exact) mass is 372 g/mol. The molecule has 120 valence electrons. The van der Waals surface area contributed by atoms with E-state index >= 15 is 0 Å². The van der Waals surface area contributed by atoms with Crippen LogP contribution in [0.4, 0.5) is 4.39 Å². The van der Waals surface area contributed by atoms with Gasteiger partial charge in [-0.1, -0.05) is 15.9 Å². The molecule has 0 spiro atoms. The van der Waals surface area contributed by atoms with Crippen molar-refractivity contribution in [1.29, 1.82) is 0 Å². The molecule has 0 radical (unpaired) electrons. The summed E-state index contributed by atoms with van der Waals surface area (Å²) in [5, 5.41) is 0. The summed E-state index contributed by atoms with van der Waals surface area (Å²) in [6, 6.07) is 4.31. The van der Waals surface area contributed by atoms with Crippen molar-refractivity contribution in [2.75, 3.05) is 7.11 Å². The second kappa shape index (κ2) is 7.54. The smallest absolute Gasteiger partial charge is 0.334 e. The van der Waals surface area contributed by atoms with Crippen molar-refractivity contribution in [1.82, 2.24) is 0 Å². The molecule has 1 rings (SSSR count). The summed E-state index contributed by atoms with van der Waals surface area (Å²) < 4.78 is 24.2. The van der Waals surface area contributed by atoms with Crippen molar-refractivity contribution in [3.63, 3.8) is 0 Å². The van der Waals surface area contributed by atoms with Crippen molar-refractivity contribution in [3.05, 3.63) is 39.6 Å². The maximum Gasteiger partial charge on any atom is 0.334 e. The van der Waals surface area contributed by atoms with Crippen LogP contribution in [0.2, 0.25) is 0 Å². The van der Waals surface area contributed by atoms with Gasteiger partial charge in [-0.2, -0.15) is 0 Å². The van der Waals surface area contributed by atoms with Crippen LogP contribution >= 0.6 is 15.9 Å². The van der Waals surface area contributed by atoms with E-state index in [1.165, 1.54) is 25.3 Å². The molecule has 1 aromatic rings. The van der Waals surface area contributed by atoms with Crippen molar-refractivity contribution >= 4 is 33.9 Å². The summed E-state index contributed by atoms with van der Waals surface area (Å²) in [6.07, 6.45) is 0.992. The molecule has 0 fully saturated rings. The molecule has 0 aliphatic rings. The molecule has 0 bridgehead atoms. The zero-order chi connectivity index (χ0) is 16.9. The van der Waals surface area contributed by atoms with Gasteiger partial charge in [0.15, 0.2) is 0 Å². The van der Waals surface area contributed by atoms with Crippen LogP contribution in [-0.2, 0) is 19.1 Å². The topological polar surface area (TPSA) is 52.6 Å². The normalized spacial score (nSPS) is 12.0. The molecule has 0 saturated heterocycles.